The second-order valence-corrected chi connectivity index (χ2v) is 5.85. The maximum Gasteiger partial charge on any atom is 0.418 e. The third kappa shape index (κ3) is 3.64. The largest absolute Gasteiger partial charge is 0.481 e. The molecule has 3 aromatic rings. The number of carboxylic acids is 1. The van der Waals surface area contributed by atoms with Crippen LogP contribution in [0.25, 0.3) is 22.5 Å². The smallest absolute Gasteiger partial charge is 0.418 e. The molecule has 0 saturated heterocycles. The van der Waals surface area contributed by atoms with E-state index >= 15 is 0 Å². The van der Waals surface area contributed by atoms with Gasteiger partial charge in [-0.3, -0.25) is 4.79 Å². The van der Waals surface area contributed by atoms with Gasteiger partial charge in [0.15, 0.2) is 0 Å². The normalized spacial score (nSPS) is 11.5. The van der Waals surface area contributed by atoms with Crippen LogP contribution in [0.2, 0.25) is 0 Å². The highest BCUT2D eigenvalue weighted by Gasteiger charge is 2.39. The van der Waals surface area contributed by atoms with Crippen LogP contribution >= 0.6 is 0 Å². The van der Waals surface area contributed by atoms with Crippen molar-refractivity contribution in [1.82, 2.24) is 4.98 Å². The van der Waals surface area contributed by atoms with Gasteiger partial charge in [0.05, 0.1) is 11.3 Å². The molecule has 0 aliphatic rings. The third-order valence-corrected chi connectivity index (χ3v) is 4.10. The predicted molar refractivity (Wildman–Crippen MR) is 92.6 cm³/mol. The Kier molecular flexibility index (Phi) is 4.84. The number of aliphatic carboxylic acids is 1. The lowest BCUT2D eigenvalue weighted by Crippen LogP contribution is -2.10. The molecule has 26 heavy (non-hydrogen) atoms. The summed E-state index contributed by atoms with van der Waals surface area (Å²) in [6, 6.07) is 16.9. The first-order valence-electron chi connectivity index (χ1n) is 8.02. The Morgan fingerprint density at radius 2 is 1.38 bits per heavy atom. The summed E-state index contributed by atoms with van der Waals surface area (Å²) in [5.74, 6) is -1.14. The van der Waals surface area contributed by atoms with Crippen molar-refractivity contribution >= 4 is 5.97 Å². The number of alkyl halides is 3. The quantitative estimate of drug-likeness (QED) is 0.642. The van der Waals surface area contributed by atoms with Crippen LogP contribution in [0.15, 0.2) is 60.7 Å². The summed E-state index contributed by atoms with van der Waals surface area (Å²) < 4.78 is 41.6. The lowest BCUT2D eigenvalue weighted by atomic mass is 9.97. The maximum absolute atomic E-state index is 13.9. The minimum Gasteiger partial charge on any atom is -0.481 e. The van der Waals surface area contributed by atoms with Gasteiger partial charge < -0.3 is 10.1 Å². The Morgan fingerprint density at radius 3 is 1.85 bits per heavy atom. The molecule has 1 heterocycles. The Labute approximate surface area is 148 Å². The molecule has 1 aromatic heterocycles. The molecule has 0 aliphatic heterocycles. The summed E-state index contributed by atoms with van der Waals surface area (Å²) in [6.07, 6.45) is -5.20. The van der Waals surface area contributed by atoms with E-state index in [1.54, 1.807) is 60.7 Å². The van der Waals surface area contributed by atoms with Crippen LogP contribution in [0.5, 0.6) is 0 Å². The molecule has 6 heteroatoms. The Hall–Kier alpha value is -3.02. The first-order valence-corrected chi connectivity index (χ1v) is 8.02. The average molecular weight is 359 g/mol. The zero-order valence-corrected chi connectivity index (χ0v) is 13.7. The van der Waals surface area contributed by atoms with E-state index in [1.807, 2.05) is 0 Å². The van der Waals surface area contributed by atoms with Crippen LogP contribution in [0.1, 0.15) is 17.5 Å². The Bertz CT molecular complexity index is 900. The molecule has 0 atom stereocenters. The molecule has 134 valence electrons. The van der Waals surface area contributed by atoms with E-state index in [9.17, 15) is 18.0 Å². The summed E-state index contributed by atoms with van der Waals surface area (Å²) in [5, 5.41) is 8.96. The van der Waals surface area contributed by atoms with Gasteiger partial charge in [-0.25, -0.2) is 0 Å². The highest BCUT2D eigenvalue weighted by atomic mass is 19.4. The second kappa shape index (κ2) is 7.07. The number of hydrogen-bond acceptors (Lipinski definition) is 1. The summed E-state index contributed by atoms with van der Waals surface area (Å²) in [7, 11) is 0. The van der Waals surface area contributed by atoms with Crippen molar-refractivity contribution in [1.29, 1.82) is 0 Å². The Balaban J connectivity index is 2.27. The molecule has 0 amide bonds. The monoisotopic (exact) mass is 359 g/mol. The molecule has 0 fully saturated rings. The highest BCUT2D eigenvalue weighted by Crippen LogP contribution is 2.43. The minimum absolute atomic E-state index is 0.0232. The Morgan fingerprint density at radius 1 is 0.885 bits per heavy atom. The van der Waals surface area contributed by atoms with E-state index in [-0.39, 0.29) is 24.1 Å². The fourth-order valence-electron chi connectivity index (χ4n) is 3.01. The first-order chi connectivity index (χ1) is 12.4. The van der Waals surface area contributed by atoms with Gasteiger partial charge in [0, 0.05) is 12.1 Å². The summed E-state index contributed by atoms with van der Waals surface area (Å²) in [4.78, 5) is 13.9. The fraction of sp³-hybridized carbons (Fsp3) is 0.150. The standard InChI is InChI=1S/C20H16F3NO2/c21-20(22,23)17-15(11-12-16(25)26)18(13-7-3-1-4-8-13)24-19(17)14-9-5-2-6-10-14/h1-10,24H,11-12H2,(H,25,26). The molecule has 0 spiro atoms. The van der Waals surface area contributed by atoms with Gasteiger partial charge in [0.25, 0.3) is 0 Å². The minimum atomic E-state index is -4.61. The van der Waals surface area contributed by atoms with E-state index in [1.165, 1.54) is 0 Å². The van der Waals surface area contributed by atoms with Crippen LogP contribution in [0, 0.1) is 0 Å². The van der Waals surface area contributed by atoms with E-state index in [2.05, 4.69) is 4.98 Å². The number of H-pyrrole nitrogens is 1. The van der Waals surface area contributed by atoms with Gasteiger partial charge in [-0.05, 0) is 23.1 Å². The summed E-state index contributed by atoms with van der Waals surface area (Å²) in [6.45, 7) is 0. The second-order valence-electron chi connectivity index (χ2n) is 5.85. The molecule has 0 radical (unpaired) electrons. The van der Waals surface area contributed by atoms with Crippen molar-refractivity contribution < 1.29 is 23.1 Å². The first kappa shape index (κ1) is 17.8. The molecule has 0 bridgehead atoms. The number of nitrogens with one attached hydrogen (secondary N) is 1. The zero-order valence-electron chi connectivity index (χ0n) is 13.7. The lowest BCUT2D eigenvalue weighted by molar-refractivity contribution is -0.139. The van der Waals surface area contributed by atoms with Gasteiger partial charge >= 0.3 is 12.1 Å². The number of aromatic amines is 1. The fourth-order valence-corrected chi connectivity index (χ4v) is 3.01. The van der Waals surface area contributed by atoms with Crippen LogP contribution in [-0.4, -0.2) is 16.1 Å². The highest BCUT2D eigenvalue weighted by molar-refractivity contribution is 5.77. The third-order valence-electron chi connectivity index (χ3n) is 4.10. The van der Waals surface area contributed by atoms with Crippen LogP contribution in [0.4, 0.5) is 13.2 Å². The van der Waals surface area contributed by atoms with E-state index in [4.69, 9.17) is 5.11 Å². The maximum atomic E-state index is 13.9. The van der Waals surface area contributed by atoms with Crippen molar-refractivity contribution in [2.75, 3.05) is 0 Å². The number of hydrogen-bond donors (Lipinski definition) is 2. The van der Waals surface area contributed by atoms with Crippen molar-refractivity contribution in [2.24, 2.45) is 0 Å². The van der Waals surface area contributed by atoms with Crippen molar-refractivity contribution in [3.05, 3.63) is 71.8 Å². The number of carbonyl (C=O) groups is 1. The van der Waals surface area contributed by atoms with Gasteiger partial charge in [-0.2, -0.15) is 13.2 Å². The van der Waals surface area contributed by atoms with Crippen molar-refractivity contribution in [3.8, 4) is 22.5 Å². The summed E-state index contributed by atoms with van der Waals surface area (Å²) in [5.41, 5.74) is 0.420. The number of carboxylic acid groups (broad SMARTS) is 1. The average Bonchev–Trinajstić information content (AvgIpc) is 3.01. The van der Waals surface area contributed by atoms with E-state index in [0.717, 1.165) is 0 Å². The molecule has 0 saturated carbocycles. The molecular weight excluding hydrogens is 343 g/mol. The number of benzene rings is 2. The van der Waals surface area contributed by atoms with Crippen molar-refractivity contribution in [3.63, 3.8) is 0 Å². The lowest BCUT2D eigenvalue weighted by Gasteiger charge is -2.12. The van der Waals surface area contributed by atoms with Crippen molar-refractivity contribution in [2.45, 2.75) is 19.0 Å². The molecule has 2 N–H and O–H groups in total. The zero-order chi connectivity index (χ0) is 18.7. The molecule has 3 nitrogen and oxygen atoms in total. The SMILES string of the molecule is O=C(O)CCc1c(-c2ccccc2)[nH]c(-c2ccccc2)c1C(F)(F)F. The van der Waals surface area contributed by atoms with Gasteiger partial charge in [-0.1, -0.05) is 60.7 Å². The van der Waals surface area contributed by atoms with E-state index in [0.29, 0.717) is 16.8 Å². The van der Waals surface area contributed by atoms with Gasteiger partial charge in [0.2, 0.25) is 0 Å². The molecule has 3 rings (SSSR count). The van der Waals surface area contributed by atoms with Crippen LogP contribution < -0.4 is 0 Å². The topological polar surface area (TPSA) is 53.1 Å². The van der Waals surface area contributed by atoms with Gasteiger partial charge in [0.1, 0.15) is 0 Å². The molecule has 0 aliphatic carbocycles. The van der Waals surface area contributed by atoms with Crippen LogP contribution in [-0.2, 0) is 17.4 Å². The predicted octanol–water partition coefficient (Wildman–Crippen LogP) is 5.38. The number of halogens is 3. The van der Waals surface area contributed by atoms with Crippen LogP contribution in [0.3, 0.4) is 0 Å². The molecular formula is C20H16F3NO2. The molecule has 0 unspecified atom stereocenters. The molecule has 2 aromatic carbocycles. The van der Waals surface area contributed by atoms with Gasteiger partial charge in [-0.15, -0.1) is 0 Å². The number of aromatic nitrogens is 1. The summed E-state index contributed by atoms with van der Waals surface area (Å²) >= 11 is 0. The number of rotatable bonds is 5. The van der Waals surface area contributed by atoms with E-state index < -0.39 is 17.7 Å².